The van der Waals surface area contributed by atoms with E-state index in [9.17, 15) is 0 Å². The average molecular weight is 273 g/mol. The van der Waals surface area contributed by atoms with Gasteiger partial charge in [0.25, 0.3) is 0 Å². The highest BCUT2D eigenvalue weighted by molar-refractivity contribution is 5.30. The first-order chi connectivity index (χ1) is 9.83. The fourth-order valence-corrected chi connectivity index (χ4v) is 3.79. The van der Waals surface area contributed by atoms with Gasteiger partial charge in [-0.15, -0.1) is 0 Å². The molecule has 1 aromatic rings. The zero-order chi connectivity index (χ0) is 13.5. The van der Waals surface area contributed by atoms with Crippen molar-refractivity contribution in [2.45, 2.75) is 56.4 Å². The summed E-state index contributed by atoms with van der Waals surface area (Å²) in [5, 5.41) is 3.90. The predicted octanol–water partition coefficient (Wildman–Crippen LogP) is 3.06. The Labute approximate surface area is 120 Å². The average Bonchev–Trinajstić information content (AvgIpc) is 3.12. The lowest BCUT2D eigenvalue weighted by molar-refractivity contribution is 0.0955. The normalized spacial score (nSPS) is 33.4. The van der Waals surface area contributed by atoms with Crippen LogP contribution in [-0.2, 0) is 4.74 Å². The Hall–Kier alpha value is -1.06. The molecule has 2 saturated heterocycles. The van der Waals surface area contributed by atoms with Gasteiger partial charge in [0.15, 0.2) is 0 Å². The largest absolute Gasteiger partial charge is 0.497 e. The summed E-state index contributed by atoms with van der Waals surface area (Å²) in [4.78, 5) is 0. The zero-order valence-corrected chi connectivity index (χ0v) is 12.0. The van der Waals surface area contributed by atoms with E-state index in [2.05, 4.69) is 29.6 Å². The van der Waals surface area contributed by atoms with E-state index >= 15 is 0 Å². The van der Waals surface area contributed by atoms with Crippen LogP contribution in [0.15, 0.2) is 24.3 Å². The molecular formula is C17H23NO2. The van der Waals surface area contributed by atoms with Gasteiger partial charge in [0.1, 0.15) is 5.75 Å². The van der Waals surface area contributed by atoms with Crippen molar-refractivity contribution in [3.63, 3.8) is 0 Å². The number of hydrogen-bond donors (Lipinski definition) is 1. The van der Waals surface area contributed by atoms with Crippen molar-refractivity contribution in [3.05, 3.63) is 29.8 Å². The maximum Gasteiger partial charge on any atom is 0.118 e. The molecule has 0 aromatic heterocycles. The molecule has 2 aliphatic heterocycles. The number of nitrogens with one attached hydrogen (secondary N) is 1. The van der Waals surface area contributed by atoms with Crippen LogP contribution in [0.5, 0.6) is 5.75 Å². The molecule has 1 saturated carbocycles. The second kappa shape index (κ2) is 5.05. The smallest absolute Gasteiger partial charge is 0.118 e. The second-order valence-electron chi connectivity index (χ2n) is 6.47. The molecule has 1 aliphatic carbocycles. The molecule has 4 atom stereocenters. The highest BCUT2D eigenvalue weighted by atomic mass is 16.5. The second-order valence-corrected chi connectivity index (χ2v) is 6.47. The van der Waals surface area contributed by atoms with E-state index in [1.54, 1.807) is 7.11 Å². The van der Waals surface area contributed by atoms with Crippen molar-refractivity contribution in [1.82, 2.24) is 5.32 Å². The minimum Gasteiger partial charge on any atom is -0.497 e. The summed E-state index contributed by atoms with van der Waals surface area (Å²) in [5.74, 6) is 1.74. The van der Waals surface area contributed by atoms with Gasteiger partial charge in [0.2, 0.25) is 0 Å². The summed E-state index contributed by atoms with van der Waals surface area (Å²) in [5.41, 5.74) is 1.40. The van der Waals surface area contributed by atoms with E-state index in [0.717, 1.165) is 11.7 Å². The molecular weight excluding hydrogens is 250 g/mol. The topological polar surface area (TPSA) is 30.5 Å². The number of ether oxygens (including phenoxy) is 2. The Kier molecular flexibility index (Phi) is 3.20. The van der Waals surface area contributed by atoms with Gasteiger partial charge in [-0.3, -0.25) is 0 Å². The Morgan fingerprint density at radius 3 is 2.50 bits per heavy atom. The minimum absolute atomic E-state index is 0.458. The quantitative estimate of drug-likeness (QED) is 0.894. The SMILES string of the molecule is COc1ccc(C(NC2CC3CCC2O3)C2CC2)cc1. The van der Waals surface area contributed by atoms with Crippen LogP contribution in [-0.4, -0.2) is 25.4 Å². The fourth-order valence-electron chi connectivity index (χ4n) is 3.79. The highest BCUT2D eigenvalue weighted by Crippen LogP contribution is 2.43. The van der Waals surface area contributed by atoms with Crippen LogP contribution < -0.4 is 10.1 Å². The standard InChI is InChI=1S/C17H23NO2/c1-19-13-6-4-12(5-7-13)17(11-2-3-11)18-15-10-14-8-9-16(15)20-14/h4-7,11,14-18H,2-3,8-10H2,1H3. The molecule has 1 N–H and O–H groups in total. The van der Waals surface area contributed by atoms with Crippen molar-refractivity contribution < 1.29 is 9.47 Å². The third kappa shape index (κ3) is 2.33. The first kappa shape index (κ1) is 12.7. The number of hydrogen-bond acceptors (Lipinski definition) is 3. The third-order valence-corrected chi connectivity index (χ3v) is 5.07. The molecule has 3 aliphatic rings. The van der Waals surface area contributed by atoms with Gasteiger partial charge in [0.05, 0.1) is 19.3 Å². The lowest BCUT2D eigenvalue weighted by atomic mass is 9.93. The first-order valence-electron chi connectivity index (χ1n) is 7.89. The van der Waals surface area contributed by atoms with E-state index in [4.69, 9.17) is 9.47 Å². The van der Waals surface area contributed by atoms with E-state index in [-0.39, 0.29) is 0 Å². The fraction of sp³-hybridized carbons (Fsp3) is 0.647. The molecule has 108 valence electrons. The number of methoxy groups -OCH3 is 1. The Balaban J connectivity index is 1.49. The first-order valence-corrected chi connectivity index (χ1v) is 7.89. The molecule has 4 rings (SSSR count). The summed E-state index contributed by atoms with van der Waals surface area (Å²) < 4.78 is 11.2. The van der Waals surface area contributed by atoms with Crippen molar-refractivity contribution in [2.75, 3.05) is 7.11 Å². The zero-order valence-electron chi connectivity index (χ0n) is 12.0. The molecule has 3 nitrogen and oxygen atoms in total. The Morgan fingerprint density at radius 2 is 1.95 bits per heavy atom. The van der Waals surface area contributed by atoms with Crippen molar-refractivity contribution >= 4 is 0 Å². The Bertz CT molecular complexity index is 468. The molecule has 0 amide bonds. The maximum atomic E-state index is 5.98. The van der Waals surface area contributed by atoms with Crippen LogP contribution in [0, 0.1) is 5.92 Å². The van der Waals surface area contributed by atoms with Crippen LogP contribution in [0.25, 0.3) is 0 Å². The van der Waals surface area contributed by atoms with Crippen LogP contribution in [0.4, 0.5) is 0 Å². The van der Waals surface area contributed by atoms with Gasteiger partial charge in [0, 0.05) is 12.1 Å². The third-order valence-electron chi connectivity index (χ3n) is 5.07. The van der Waals surface area contributed by atoms with Crippen LogP contribution >= 0.6 is 0 Å². The van der Waals surface area contributed by atoms with Crippen LogP contribution in [0.2, 0.25) is 0 Å². The molecule has 20 heavy (non-hydrogen) atoms. The van der Waals surface area contributed by atoms with Gasteiger partial charge in [-0.25, -0.2) is 0 Å². The van der Waals surface area contributed by atoms with E-state index < -0.39 is 0 Å². The van der Waals surface area contributed by atoms with Gasteiger partial charge in [-0.1, -0.05) is 12.1 Å². The van der Waals surface area contributed by atoms with Crippen LogP contribution in [0.3, 0.4) is 0 Å². The summed E-state index contributed by atoms with van der Waals surface area (Å²) in [6.45, 7) is 0. The molecule has 3 heteroatoms. The minimum atomic E-state index is 0.458. The van der Waals surface area contributed by atoms with Gasteiger partial charge in [-0.05, 0) is 55.7 Å². The molecule has 4 unspecified atom stereocenters. The number of rotatable bonds is 5. The van der Waals surface area contributed by atoms with E-state index in [1.807, 2.05) is 0 Å². The number of benzene rings is 1. The van der Waals surface area contributed by atoms with Crippen molar-refractivity contribution in [1.29, 1.82) is 0 Å². The summed E-state index contributed by atoms with van der Waals surface area (Å²) in [6, 6.07) is 9.62. The lowest BCUT2D eigenvalue weighted by Crippen LogP contribution is -2.40. The summed E-state index contributed by atoms with van der Waals surface area (Å²) in [7, 11) is 1.72. The summed E-state index contributed by atoms with van der Waals surface area (Å²) in [6.07, 6.45) is 7.38. The van der Waals surface area contributed by atoms with Crippen molar-refractivity contribution in [3.8, 4) is 5.75 Å². The van der Waals surface area contributed by atoms with Gasteiger partial charge >= 0.3 is 0 Å². The maximum absolute atomic E-state index is 5.98. The molecule has 0 radical (unpaired) electrons. The van der Waals surface area contributed by atoms with Gasteiger partial charge < -0.3 is 14.8 Å². The highest BCUT2D eigenvalue weighted by Gasteiger charge is 2.43. The molecule has 0 spiro atoms. The number of fused-ring (bicyclic) bond motifs is 2. The van der Waals surface area contributed by atoms with E-state index in [0.29, 0.717) is 24.3 Å². The molecule has 2 bridgehead atoms. The van der Waals surface area contributed by atoms with E-state index in [1.165, 1.54) is 37.7 Å². The summed E-state index contributed by atoms with van der Waals surface area (Å²) >= 11 is 0. The molecule has 2 heterocycles. The Morgan fingerprint density at radius 1 is 1.15 bits per heavy atom. The van der Waals surface area contributed by atoms with Gasteiger partial charge in [-0.2, -0.15) is 0 Å². The molecule has 1 aromatic carbocycles. The monoisotopic (exact) mass is 273 g/mol. The molecule has 3 fully saturated rings. The predicted molar refractivity (Wildman–Crippen MR) is 77.9 cm³/mol. The van der Waals surface area contributed by atoms with Crippen LogP contribution in [0.1, 0.15) is 43.7 Å². The van der Waals surface area contributed by atoms with Crippen molar-refractivity contribution in [2.24, 2.45) is 5.92 Å². The lowest BCUT2D eigenvalue weighted by Gasteiger charge is -2.27.